The number of alkyl halides is 2. The van der Waals surface area contributed by atoms with Gasteiger partial charge in [0.05, 0.1) is 114 Å². The van der Waals surface area contributed by atoms with Crippen molar-refractivity contribution in [2.24, 2.45) is 47.2 Å². The Bertz CT molecular complexity index is 3670. The van der Waals surface area contributed by atoms with Crippen LogP contribution in [-0.2, 0) is 84.0 Å². The van der Waals surface area contributed by atoms with Crippen molar-refractivity contribution in [3.63, 3.8) is 0 Å². The first kappa shape index (κ1) is 96.1. The first-order valence-electron chi connectivity index (χ1n) is 39.5. The summed E-state index contributed by atoms with van der Waals surface area (Å²) in [4.78, 5) is 142. The molecule has 9 amide bonds. The first-order valence-corrected chi connectivity index (χ1v) is 41.7. The van der Waals surface area contributed by atoms with Gasteiger partial charge >= 0.3 is 12.1 Å². The average Bonchev–Trinajstić information content (AvgIpc) is 1.80. The molecule has 0 radical (unpaired) electrons. The van der Waals surface area contributed by atoms with Crippen LogP contribution in [0.2, 0.25) is 0 Å². The van der Waals surface area contributed by atoms with Gasteiger partial charge in [-0.05, 0) is 120 Å². The molecule has 0 aromatic heterocycles. The summed E-state index contributed by atoms with van der Waals surface area (Å²) in [5.41, 5.74) is 9.85. The maximum Gasteiger partial charge on any atom is 0.410 e. The lowest BCUT2D eigenvalue weighted by Gasteiger charge is -2.41. The number of hydrogen-bond acceptors (Lipinski definition) is 18. The second-order valence-corrected chi connectivity index (χ2v) is 31.4. The molecule has 0 aliphatic carbocycles. The molecule has 0 spiro atoms. The first-order chi connectivity index (χ1) is 53.9. The number of amides is 9. The highest BCUT2D eigenvalue weighted by molar-refractivity contribution is 9.09. The van der Waals surface area contributed by atoms with E-state index < -0.39 is 90.2 Å². The minimum atomic E-state index is -0.976. The molecule has 0 bridgehead atoms. The van der Waals surface area contributed by atoms with Crippen LogP contribution in [0.5, 0.6) is 0 Å². The van der Waals surface area contributed by atoms with E-state index in [4.69, 9.17) is 38.9 Å². The van der Waals surface area contributed by atoms with Crippen LogP contribution in [0.3, 0.4) is 0 Å². The number of urea groups is 1. The van der Waals surface area contributed by atoms with Crippen LogP contribution in [0.4, 0.5) is 15.3 Å². The highest BCUT2D eigenvalue weighted by atomic mass is 79.9. The van der Waals surface area contributed by atoms with Crippen molar-refractivity contribution in [3.05, 3.63) is 113 Å². The van der Waals surface area contributed by atoms with Gasteiger partial charge in [-0.3, -0.25) is 38.4 Å². The summed E-state index contributed by atoms with van der Waals surface area (Å²) in [6.07, 6.45) is -1.22. The maximum atomic E-state index is 14.9. The van der Waals surface area contributed by atoms with Crippen LogP contribution in [0, 0.1) is 41.4 Å². The van der Waals surface area contributed by atoms with Crippen molar-refractivity contribution >= 4 is 107 Å². The summed E-state index contributed by atoms with van der Waals surface area (Å²) < 4.78 is 40.3. The number of carbonyl (C=O) groups excluding carboxylic acids is 10. The molecule has 0 saturated carbocycles. The van der Waals surface area contributed by atoms with Gasteiger partial charge in [0.2, 0.25) is 29.5 Å². The molecule has 113 heavy (non-hydrogen) atoms. The van der Waals surface area contributed by atoms with Gasteiger partial charge in [-0.1, -0.05) is 155 Å². The van der Waals surface area contributed by atoms with Crippen molar-refractivity contribution < 1.29 is 86.2 Å². The Labute approximate surface area is 684 Å². The Morgan fingerprint density at radius 2 is 1.27 bits per heavy atom. The van der Waals surface area contributed by atoms with Crippen molar-refractivity contribution in [2.45, 2.75) is 193 Å². The number of carbonyl (C=O) groups is 10. The van der Waals surface area contributed by atoms with Gasteiger partial charge in [-0.25, -0.2) is 9.59 Å². The molecule has 1 fully saturated rings. The van der Waals surface area contributed by atoms with Crippen LogP contribution >= 0.6 is 31.9 Å². The molecule has 1 heterocycles. The second kappa shape index (κ2) is 50.1. The fourth-order valence-corrected chi connectivity index (χ4v) is 15.4. The average molecular weight is 1710 g/mol. The number of ether oxygens (including phenoxy) is 7. The van der Waals surface area contributed by atoms with Gasteiger partial charge in [0.15, 0.2) is 11.6 Å². The highest BCUT2D eigenvalue weighted by Gasteiger charge is 2.44. The summed E-state index contributed by atoms with van der Waals surface area (Å²) in [5.74, 6) is -6.15. The Kier molecular flexibility index (Phi) is 42.6. The van der Waals surface area contributed by atoms with Gasteiger partial charge in [-0.15, -0.1) is 0 Å². The number of fused-ring (bicyclic) bond motifs is 1. The fourth-order valence-electron chi connectivity index (χ4n) is 14.4. The van der Waals surface area contributed by atoms with Crippen LogP contribution in [-0.4, -0.2) is 222 Å². The lowest BCUT2D eigenvalue weighted by atomic mass is 9.83. The standard InChI is InChI=1S/C84H125Br2N9O18/c1-15-55(8)76(71(107-13)48-73(99)95-34-20-24-68(95)78(108-14)56(9)79(101)90-57(10)77(100)59-21-17-16-18-22-59)93(11)82(104)67(52(2)3)47-70(97)75(54(6)7)94(12)84(106)113-51-58-25-29-66(30-26-58)91-81(103)61(23-19-32-89-83(87)105)46-69(96)74(53(4)5)92-72(98)31-35-109-37-39-111-41-42-112-40-38-110-36-33-88-80(102)62-28-27-60-43-64(49-85)65(50-86)45-63(60)44-62/h16-18,21-22,25-30,43-45,52-57,61,67-68,71,74-78,100H,15,19-20,23-24,31-42,46-51H2,1-14H3,(H,88,102)(H,90,101)(H,91,103)(H,92,98)(H3,87,89,105)/t55-,56+,57+,61+,67-,68-,71+,74-,75-,76-,77+,78+/m0/s1. The van der Waals surface area contributed by atoms with Crippen molar-refractivity contribution in [3.8, 4) is 0 Å². The van der Waals surface area contributed by atoms with Gasteiger partial charge < -0.3 is 85.3 Å². The lowest BCUT2D eigenvalue weighted by molar-refractivity contribution is -0.149. The van der Waals surface area contributed by atoms with Gasteiger partial charge in [0.25, 0.3) is 5.91 Å². The minimum Gasteiger partial charge on any atom is -0.445 e. The molecular weight excluding hydrogens is 1580 g/mol. The van der Waals surface area contributed by atoms with E-state index in [1.165, 1.54) is 31.7 Å². The smallest absolute Gasteiger partial charge is 0.410 e. The summed E-state index contributed by atoms with van der Waals surface area (Å²) in [6.45, 7) is 21.4. The highest BCUT2D eigenvalue weighted by Crippen LogP contribution is 2.33. The number of halogens is 2. The molecule has 1 saturated heterocycles. The molecule has 4 aromatic rings. The van der Waals surface area contributed by atoms with Crippen LogP contribution < -0.4 is 32.3 Å². The Morgan fingerprint density at radius 1 is 0.655 bits per heavy atom. The number of ketones is 2. The number of hydrogen-bond donors (Lipinski definition) is 7. The van der Waals surface area contributed by atoms with Crippen LogP contribution in [0.25, 0.3) is 10.8 Å². The zero-order chi connectivity index (χ0) is 83.4. The largest absolute Gasteiger partial charge is 0.445 e. The third kappa shape index (κ3) is 30.6. The molecular formula is C84H125Br2N9O18. The van der Waals surface area contributed by atoms with E-state index in [9.17, 15) is 53.1 Å². The number of aliphatic hydroxyl groups is 1. The van der Waals surface area contributed by atoms with E-state index in [0.29, 0.717) is 94.2 Å². The Morgan fingerprint density at radius 3 is 1.85 bits per heavy atom. The Balaban J connectivity index is 1.06. The summed E-state index contributed by atoms with van der Waals surface area (Å²) in [5, 5.41) is 28.6. The van der Waals surface area contributed by atoms with E-state index in [1.54, 1.807) is 80.9 Å². The molecule has 8 N–H and O–H groups in total. The normalized spacial score (nSPS) is 15.9. The third-order valence-electron chi connectivity index (χ3n) is 21.0. The SMILES string of the molecule is CC[C@H](C)[C@@H]([C@@H](CC(=O)N1CCC[C@H]1[C@H](OC)[C@@H](C)C(=O)N[C@H](C)[C@@H](O)c1ccccc1)OC)N(C)C(=O)[C@@H](CC(=O)[C@H](C(C)C)N(C)C(=O)OCc1ccc(NC(=O)[C@H](CCCNC(N)=O)CC(=O)[C@@H](NC(=O)CCOCCOCCOCCOCCNC(=O)c2ccc3cc(CBr)c(CBr)cc3c2)C(C)C)cc1)C(C)C. The molecule has 0 unspecified atom stereocenters. The minimum absolute atomic E-state index is 0.0297. The van der Waals surface area contributed by atoms with Gasteiger partial charge in [-0.2, -0.15) is 0 Å². The zero-order valence-electron chi connectivity index (χ0n) is 68.6. The van der Waals surface area contributed by atoms with E-state index >= 15 is 0 Å². The quantitative estimate of drug-likeness (QED) is 0.0159. The van der Waals surface area contributed by atoms with Crippen molar-refractivity contribution in [1.82, 2.24) is 36.0 Å². The number of likely N-dealkylation sites (tertiary alicyclic amines) is 1. The number of nitrogens with zero attached hydrogens (tertiary/aromatic N) is 3. The fraction of sp³-hybridized carbons (Fsp3) is 0.619. The maximum absolute atomic E-state index is 14.9. The van der Waals surface area contributed by atoms with Crippen LogP contribution in [0.1, 0.15) is 166 Å². The topological polar surface area (TPSA) is 351 Å². The molecule has 4 aromatic carbocycles. The second-order valence-electron chi connectivity index (χ2n) is 30.3. The number of primary amides is 1. The van der Waals surface area contributed by atoms with E-state index in [-0.39, 0.29) is 124 Å². The number of benzene rings is 4. The third-order valence-corrected chi connectivity index (χ3v) is 22.3. The molecule has 1 aliphatic rings. The molecule has 628 valence electrons. The van der Waals surface area contributed by atoms with Crippen molar-refractivity contribution in [1.29, 1.82) is 0 Å². The van der Waals surface area contributed by atoms with Crippen LogP contribution in [0.15, 0.2) is 84.9 Å². The summed E-state index contributed by atoms with van der Waals surface area (Å²) in [6, 6.07) is 21.2. The number of nitrogens with two attached hydrogens (primary N) is 1. The number of Topliss-reactive ketones (excluding diaryl/α,β-unsaturated/α-hetero) is 2. The van der Waals surface area contributed by atoms with Crippen molar-refractivity contribution in [2.75, 3.05) is 106 Å². The van der Waals surface area contributed by atoms with Gasteiger partial charge in [0, 0.05) is 101 Å². The molecule has 12 atom stereocenters. The lowest BCUT2D eigenvalue weighted by Crippen LogP contribution is -2.55. The van der Waals surface area contributed by atoms with E-state index in [0.717, 1.165) is 27.0 Å². The number of likely N-dealkylation sites (N-methyl/N-ethyl adjacent to an activating group) is 2. The Hall–Kier alpha value is -7.48. The number of anilines is 1. The molecule has 27 nitrogen and oxygen atoms in total. The van der Waals surface area contributed by atoms with E-state index in [2.05, 4.69) is 70.6 Å². The number of methoxy groups -OCH3 is 2. The predicted molar refractivity (Wildman–Crippen MR) is 441 cm³/mol. The monoisotopic (exact) mass is 1710 g/mol. The number of aliphatic hydroxyl groups excluding tert-OH is 1. The summed E-state index contributed by atoms with van der Waals surface area (Å²) >= 11 is 7.09. The zero-order valence-corrected chi connectivity index (χ0v) is 71.7. The van der Waals surface area contributed by atoms with E-state index in [1.807, 2.05) is 77.9 Å². The molecule has 29 heteroatoms. The predicted octanol–water partition coefficient (Wildman–Crippen LogP) is 10.6. The number of rotatable bonds is 52. The summed E-state index contributed by atoms with van der Waals surface area (Å²) in [7, 11) is 6.20. The number of nitrogens with one attached hydrogen (secondary N) is 5. The molecule has 5 rings (SSSR count). The van der Waals surface area contributed by atoms with Gasteiger partial charge in [0.1, 0.15) is 6.61 Å². The molecule has 1 aliphatic heterocycles.